The Morgan fingerprint density at radius 3 is 2.68 bits per heavy atom. The molecule has 3 rings (SSSR count). The molecule has 1 atom stereocenters. The standard InChI is InChI=1S/C19H21N3O3/c1-2-22-12-14(10-18(22)24)19(25)20-11-17(23)21-16-9-5-7-13-6-3-4-8-15(13)16/h3-9,14H,2,10-12H2,1H3,(H,20,25)(H,21,23). The quantitative estimate of drug-likeness (QED) is 0.871. The fraction of sp³-hybridized carbons (Fsp3) is 0.316. The van der Waals surface area contributed by atoms with Gasteiger partial charge in [-0.25, -0.2) is 0 Å². The maximum absolute atomic E-state index is 12.2. The Balaban J connectivity index is 1.56. The Morgan fingerprint density at radius 2 is 1.92 bits per heavy atom. The largest absolute Gasteiger partial charge is 0.347 e. The zero-order valence-electron chi connectivity index (χ0n) is 14.1. The highest BCUT2D eigenvalue weighted by Crippen LogP contribution is 2.22. The molecule has 0 aliphatic carbocycles. The maximum Gasteiger partial charge on any atom is 0.243 e. The highest BCUT2D eigenvalue weighted by molar-refractivity contribution is 6.03. The molecule has 6 nitrogen and oxygen atoms in total. The summed E-state index contributed by atoms with van der Waals surface area (Å²) in [6.07, 6.45) is 0.213. The summed E-state index contributed by atoms with van der Waals surface area (Å²) in [4.78, 5) is 37.7. The first-order valence-electron chi connectivity index (χ1n) is 8.41. The third kappa shape index (κ3) is 3.79. The number of hydrogen-bond donors (Lipinski definition) is 2. The van der Waals surface area contributed by atoms with Crippen LogP contribution in [0.25, 0.3) is 10.8 Å². The molecule has 1 heterocycles. The summed E-state index contributed by atoms with van der Waals surface area (Å²) in [6.45, 7) is 2.80. The van der Waals surface area contributed by atoms with Gasteiger partial charge in [-0.05, 0) is 18.4 Å². The molecule has 2 aromatic rings. The van der Waals surface area contributed by atoms with Crippen molar-refractivity contribution in [2.75, 3.05) is 25.0 Å². The van der Waals surface area contributed by atoms with Gasteiger partial charge in [0.1, 0.15) is 0 Å². The lowest BCUT2D eigenvalue weighted by Crippen LogP contribution is -2.37. The van der Waals surface area contributed by atoms with Gasteiger partial charge in [0.2, 0.25) is 17.7 Å². The molecule has 130 valence electrons. The van der Waals surface area contributed by atoms with E-state index >= 15 is 0 Å². The van der Waals surface area contributed by atoms with Crippen molar-refractivity contribution in [3.8, 4) is 0 Å². The van der Waals surface area contributed by atoms with Crippen LogP contribution in [0.3, 0.4) is 0 Å². The molecule has 0 aromatic heterocycles. The molecule has 3 amide bonds. The van der Waals surface area contributed by atoms with Gasteiger partial charge in [-0.3, -0.25) is 14.4 Å². The molecule has 1 fully saturated rings. The number of benzene rings is 2. The van der Waals surface area contributed by atoms with Crippen LogP contribution in [0.15, 0.2) is 42.5 Å². The number of likely N-dealkylation sites (tertiary alicyclic amines) is 1. The van der Waals surface area contributed by atoms with Crippen molar-refractivity contribution in [3.63, 3.8) is 0 Å². The van der Waals surface area contributed by atoms with Gasteiger partial charge >= 0.3 is 0 Å². The van der Waals surface area contributed by atoms with Crippen molar-refractivity contribution in [3.05, 3.63) is 42.5 Å². The SMILES string of the molecule is CCN1CC(C(=O)NCC(=O)Nc2cccc3ccccc23)CC1=O. The van der Waals surface area contributed by atoms with E-state index in [9.17, 15) is 14.4 Å². The average Bonchev–Trinajstić information content (AvgIpc) is 3.01. The molecular formula is C19H21N3O3. The van der Waals surface area contributed by atoms with E-state index in [2.05, 4.69) is 10.6 Å². The Labute approximate surface area is 146 Å². The van der Waals surface area contributed by atoms with Crippen LogP contribution in [0.2, 0.25) is 0 Å². The minimum Gasteiger partial charge on any atom is -0.347 e. The van der Waals surface area contributed by atoms with E-state index in [1.54, 1.807) is 4.90 Å². The van der Waals surface area contributed by atoms with Gasteiger partial charge < -0.3 is 15.5 Å². The molecule has 2 N–H and O–H groups in total. The zero-order chi connectivity index (χ0) is 17.8. The molecular weight excluding hydrogens is 318 g/mol. The lowest BCUT2D eigenvalue weighted by molar-refractivity contribution is -0.129. The normalized spacial score (nSPS) is 16.9. The highest BCUT2D eigenvalue weighted by atomic mass is 16.2. The van der Waals surface area contributed by atoms with Crippen LogP contribution in [0.5, 0.6) is 0 Å². The van der Waals surface area contributed by atoms with Crippen molar-refractivity contribution in [2.45, 2.75) is 13.3 Å². The molecule has 1 aliphatic heterocycles. The van der Waals surface area contributed by atoms with Gasteiger partial charge in [0.15, 0.2) is 0 Å². The van der Waals surface area contributed by atoms with Gasteiger partial charge in [-0.2, -0.15) is 0 Å². The molecule has 1 aliphatic rings. The van der Waals surface area contributed by atoms with Crippen molar-refractivity contribution in [1.29, 1.82) is 0 Å². The summed E-state index contributed by atoms with van der Waals surface area (Å²) in [5.41, 5.74) is 0.713. The second-order valence-electron chi connectivity index (χ2n) is 6.13. The summed E-state index contributed by atoms with van der Waals surface area (Å²) in [5.74, 6) is -0.931. The van der Waals surface area contributed by atoms with E-state index in [-0.39, 0.29) is 36.6 Å². The summed E-state index contributed by atoms with van der Waals surface area (Å²) in [5, 5.41) is 7.44. The Bertz CT molecular complexity index is 813. The number of nitrogens with one attached hydrogen (secondary N) is 2. The number of anilines is 1. The average molecular weight is 339 g/mol. The summed E-state index contributed by atoms with van der Waals surface area (Å²) >= 11 is 0. The van der Waals surface area contributed by atoms with Crippen LogP contribution in [0, 0.1) is 5.92 Å². The van der Waals surface area contributed by atoms with E-state index in [4.69, 9.17) is 0 Å². The zero-order valence-corrected chi connectivity index (χ0v) is 14.1. The number of nitrogens with zero attached hydrogens (tertiary/aromatic N) is 1. The van der Waals surface area contributed by atoms with Gasteiger partial charge in [0.05, 0.1) is 12.5 Å². The number of carbonyl (C=O) groups is 3. The Hall–Kier alpha value is -2.89. The van der Waals surface area contributed by atoms with E-state index in [0.717, 1.165) is 10.8 Å². The molecule has 25 heavy (non-hydrogen) atoms. The van der Waals surface area contributed by atoms with Crippen molar-refractivity contribution < 1.29 is 14.4 Å². The predicted octanol–water partition coefficient (Wildman–Crippen LogP) is 1.76. The number of amides is 3. The fourth-order valence-corrected chi connectivity index (χ4v) is 3.09. The van der Waals surface area contributed by atoms with Crippen molar-refractivity contribution in [2.24, 2.45) is 5.92 Å². The maximum atomic E-state index is 12.2. The van der Waals surface area contributed by atoms with E-state index in [1.807, 2.05) is 49.4 Å². The van der Waals surface area contributed by atoms with Gasteiger partial charge in [0, 0.05) is 30.6 Å². The highest BCUT2D eigenvalue weighted by Gasteiger charge is 2.33. The smallest absolute Gasteiger partial charge is 0.243 e. The molecule has 2 aromatic carbocycles. The van der Waals surface area contributed by atoms with E-state index in [0.29, 0.717) is 18.8 Å². The van der Waals surface area contributed by atoms with Crippen LogP contribution in [0.4, 0.5) is 5.69 Å². The monoisotopic (exact) mass is 339 g/mol. The number of rotatable bonds is 5. The number of carbonyl (C=O) groups excluding carboxylic acids is 3. The molecule has 0 radical (unpaired) electrons. The molecule has 0 spiro atoms. The van der Waals surface area contributed by atoms with Gasteiger partial charge in [-0.1, -0.05) is 36.4 Å². The van der Waals surface area contributed by atoms with Crippen molar-refractivity contribution >= 4 is 34.2 Å². The Kier molecular flexibility index (Phi) is 4.97. The van der Waals surface area contributed by atoms with Crippen LogP contribution in [-0.4, -0.2) is 42.3 Å². The van der Waals surface area contributed by atoms with Crippen molar-refractivity contribution in [1.82, 2.24) is 10.2 Å². The summed E-state index contributed by atoms with van der Waals surface area (Å²) in [7, 11) is 0. The second-order valence-corrected chi connectivity index (χ2v) is 6.13. The summed E-state index contributed by atoms with van der Waals surface area (Å²) < 4.78 is 0. The number of fused-ring (bicyclic) bond motifs is 1. The molecule has 1 unspecified atom stereocenters. The third-order valence-electron chi connectivity index (χ3n) is 4.45. The van der Waals surface area contributed by atoms with Crippen LogP contribution in [-0.2, 0) is 14.4 Å². The molecule has 1 saturated heterocycles. The van der Waals surface area contributed by atoms with E-state index < -0.39 is 0 Å². The first kappa shape index (κ1) is 17.0. The first-order chi connectivity index (χ1) is 12.1. The van der Waals surface area contributed by atoms with Crippen LogP contribution >= 0.6 is 0 Å². The second kappa shape index (κ2) is 7.34. The predicted molar refractivity (Wildman–Crippen MR) is 95.9 cm³/mol. The minimum absolute atomic E-state index is 0.0112. The van der Waals surface area contributed by atoms with Crippen LogP contribution in [0.1, 0.15) is 13.3 Å². The van der Waals surface area contributed by atoms with Gasteiger partial charge in [0.25, 0.3) is 0 Å². The Morgan fingerprint density at radius 1 is 1.16 bits per heavy atom. The van der Waals surface area contributed by atoms with Gasteiger partial charge in [-0.15, -0.1) is 0 Å². The topological polar surface area (TPSA) is 78.5 Å². The molecule has 0 saturated carbocycles. The third-order valence-corrected chi connectivity index (χ3v) is 4.45. The molecule has 0 bridgehead atoms. The lowest BCUT2D eigenvalue weighted by atomic mass is 10.1. The number of hydrogen-bond acceptors (Lipinski definition) is 3. The van der Waals surface area contributed by atoms with Crippen LogP contribution < -0.4 is 10.6 Å². The minimum atomic E-state index is -0.377. The lowest BCUT2D eigenvalue weighted by Gasteiger charge is -2.14. The fourth-order valence-electron chi connectivity index (χ4n) is 3.09. The first-order valence-corrected chi connectivity index (χ1v) is 8.41. The van der Waals surface area contributed by atoms with E-state index in [1.165, 1.54) is 0 Å². The summed E-state index contributed by atoms with van der Waals surface area (Å²) in [6, 6.07) is 13.4. The molecule has 6 heteroatoms.